The standard InChI is InChI=1S/C12H18N2O3S/c15-14(16)12-5-4-11(18-12)8-13-6-1-7-17-9-10-2-3-10/h4-5,10,13H,1-3,6-9H2. The molecule has 100 valence electrons. The maximum Gasteiger partial charge on any atom is 0.324 e. The zero-order valence-electron chi connectivity index (χ0n) is 10.3. The average molecular weight is 270 g/mol. The van der Waals surface area contributed by atoms with Crippen molar-refractivity contribution in [1.29, 1.82) is 0 Å². The molecule has 0 unspecified atom stereocenters. The van der Waals surface area contributed by atoms with Gasteiger partial charge in [-0.25, -0.2) is 0 Å². The van der Waals surface area contributed by atoms with Gasteiger partial charge in [0.25, 0.3) is 0 Å². The first kappa shape index (κ1) is 13.5. The van der Waals surface area contributed by atoms with Gasteiger partial charge in [0.05, 0.1) is 4.92 Å². The topological polar surface area (TPSA) is 64.4 Å². The van der Waals surface area contributed by atoms with Gasteiger partial charge in [0, 0.05) is 30.7 Å². The van der Waals surface area contributed by atoms with E-state index >= 15 is 0 Å². The van der Waals surface area contributed by atoms with E-state index in [0.29, 0.717) is 6.54 Å². The van der Waals surface area contributed by atoms with E-state index < -0.39 is 0 Å². The lowest BCUT2D eigenvalue weighted by molar-refractivity contribution is -0.380. The largest absolute Gasteiger partial charge is 0.381 e. The smallest absolute Gasteiger partial charge is 0.324 e. The van der Waals surface area contributed by atoms with Gasteiger partial charge in [0.1, 0.15) is 0 Å². The SMILES string of the molecule is O=[N+]([O-])c1ccc(CNCCCOCC2CC2)s1. The van der Waals surface area contributed by atoms with Crippen LogP contribution in [0.3, 0.4) is 0 Å². The van der Waals surface area contributed by atoms with Crippen molar-refractivity contribution in [3.8, 4) is 0 Å². The molecule has 1 N–H and O–H groups in total. The van der Waals surface area contributed by atoms with E-state index in [9.17, 15) is 10.1 Å². The van der Waals surface area contributed by atoms with Crippen molar-refractivity contribution in [2.24, 2.45) is 5.92 Å². The van der Waals surface area contributed by atoms with Gasteiger partial charge < -0.3 is 10.1 Å². The Labute approximate surface area is 110 Å². The highest BCUT2D eigenvalue weighted by molar-refractivity contribution is 7.15. The van der Waals surface area contributed by atoms with Crippen LogP contribution in [-0.2, 0) is 11.3 Å². The highest BCUT2D eigenvalue weighted by Gasteiger charge is 2.20. The first-order valence-corrected chi connectivity index (χ1v) is 7.09. The van der Waals surface area contributed by atoms with Crippen LogP contribution in [0.1, 0.15) is 24.1 Å². The maximum absolute atomic E-state index is 10.5. The van der Waals surface area contributed by atoms with Crippen molar-refractivity contribution in [3.05, 3.63) is 27.1 Å². The fourth-order valence-corrected chi connectivity index (χ4v) is 2.39. The Morgan fingerprint density at radius 1 is 1.50 bits per heavy atom. The summed E-state index contributed by atoms with van der Waals surface area (Å²) in [6, 6.07) is 3.36. The predicted molar refractivity (Wildman–Crippen MR) is 70.8 cm³/mol. The summed E-state index contributed by atoms with van der Waals surface area (Å²) in [6.07, 6.45) is 3.64. The molecule has 0 radical (unpaired) electrons. The van der Waals surface area contributed by atoms with Crippen LogP contribution in [0.25, 0.3) is 0 Å². The van der Waals surface area contributed by atoms with Gasteiger partial charge in [-0.3, -0.25) is 10.1 Å². The van der Waals surface area contributed by atoms with Crippen LogP contribution >= 0.6 is 11.3 Å². The van der Waals surface area contributed by atoms with E-state index in [-0.39, 0.29) is 9.92 Å². The zero-order valence-corrected chi connectivity index (χ0v) is 11.1. The van der Waals surface area contributed by atoms with Crippen LogP contribution in [0.4, 0.5) is 5.00 Å². The van der Waals surface area contributed by atoms with E-state index in [1.807, 2.05) is 0 Å². The quantitative estimate of drug-likeness (QED) is 0.425. The molecule has 0 atom stereocenters. The third kappa shape index (κ3) is 4.72. The fraction of sp³-hybridized carbons (Fsp3) is 0.667. The molecule has 1 aromatic heterocycles. The molecule has 1 aliphatic rings. The van der Waals surface area contributed by atoms with E-state index in [2.05, 4.69) is 5.32 Å². The first-order valence-electron chi connectivity index (χ1n) is 6.27. The van der Waals surface area contributed by atoms with Crippen molar-refractivity contribution in [1.82, 2.24) is 5.32 Å². The number of nitrogens with one attached hydrogen (secondary N) is 1. The van der Waals surface area contributed by atoms with Gasteiger partial charge in [-0.1, -0.05) is 11.3 Å². The molecule has 0 bridgehead atoms. The molecule has 2 rings (SSSR count). The molecule has 18 heavy (non-hydrogen) atoms. The zero-order chi connectivity index (χ0) is 12.8. The lowest BCUT2D eigenvalue weighted by Gasteiger charge is -2.04. The molecule has 0 spiro atoms. The summed E-state index contributed by atoms with van der Waals surface area (Å²) >= 11 is 1.23. The molecule has 1 aliphatic carbocycles. The van der Waals surface area contributed by atoms with Gasteiger partial charge >= 0.3 is 5.00 Å². The maximum atomic E-state index is 10.5. The summed E-state index contributed by atoms with van der Waals surface area (Å²) in [5, 5.41) is 14.0. The Kier molecular flexibility index (Phi) is 5.10. The number of nitro groups is 1. The Morgan fingerprint density at radius 2 is 2.33 bits per heavy atom. The van der Waals surface area contributed by atoms with E-state index in [4.69, 9.17) is 4.74 Å². The van der Waals surface area contributed by atoms with Crippen molar-refractivity contribution < 1.29 is 9.66 Å². The Balaban J connectivity index is 1.49. The Bertz CT molecular complexity index is 390. The minimum Gasteiger partial charge on any atom is -0.381 e. The van der Waals surface area contributed by atoms with Crippen molar-refractivity contribution in [2.75, 3.05) is 19.8 Å². The lowest BCUT2D eigenvalue weighted by Crippen LogP contribution is -2.15. The molecule has 1 saturated carbocycles. The number of hydrogen-bond donors (Lipinski definition) is 1. The molecule has 5 nitrogen and oxygen atoms in total. The van der Waals surface area contributed by atoms with Crippen LogP contribution in [0, 0.1) is 16.0 Å². The number of nitrogens with zero attached hydrogens (tertiary/aromatic N) is 1. The second kappa shape index (κ2) is 6.82. The average Bonchev–Trinajstić information content (AvgIpc) is 3.04. The number of ether oxygens (including phenoxy) is 1. The first-order chi connectivity index (χ1) is 8.75. The summed E-state index contributed by atoms with van der Waals surface area (Å²) in [5.74, 6) is 0.824. The van der Waals surface area contributed by atoms with Crippen molar-refractivity contribution >= 4 is 16.3 Å². The van der Waals surface area contributed by atoms with E-state index in [1.165, 1.54) is 24.2 Å². The summed E-state index contributed by atoms with van der Waals surface area (Å²) < 4.78 is 5.52. The van der Waals surface area contributed by atoms with Gasteiger partial charge in [-0.2, -0.15) is 0 Å². The molecular weight excluding hydrogens is 252 g/mol. The van der Waals surface area contributed by atoms with E-state index in [1.54, 1.807) is 12.1 Å². The van der Waals surface area contributed by atoms with Crippen LogP contribution in [-0.4, -0.2) is 24.7 Å². The van der Waals surface area contributed by atoms with Gasteiger partial charge in [-0.05, 0) is 37.8 Å². The van der Waals surface area contributed by atoms with Crippen LogP contribution < -0.4 is 5.32 Å². The third-order valence-electron chi connectivity index (χ3n) is 2.82. The lowest BCUT2D eigenvalue weighted by atomic mass is 10.4. The highest BCUT2D eigenvalue weighted by atomic mass is 32.1. The molecule has 0 aromatic carbocycles. The van der Waals surface area contributed by atoms with Crippen molar-refractivity contribution in [3.63, 3.8) is 0 Å². The van der Waals surface area contributed by atoms with E-state index in [0.717, 1.165) is 37.0 Å². The second-order valence-corrected chi connectivity index (χ2v) is 5.69. The monoisotopic (exact) mass is 270 g/mol. The minimum atomic E-state index is -0.347. The Morgan fingerprint density at radius 3 is 3.00 bits per heavy atom. The highest BCUT2D eigenvalue weighted by Crippen LogP contribution is 2.28. The second-order valence-electron chi connectivity index (χ2n) is 4.55. The minimum absolute atomic E-state index is 0.208. The molecule has 0 saturated heterocycles. The van der Waals surface area contributed by atoms with Gasteiger partial charge in [0.2, 0.25) is 0 Å². The summed E-state index contributed by atoms with van der Waals surface area (Å²) in [5.41, 5.74) is 0. The molecule has 6 heteroatoms. The summed E-state index contributed by atoms with van der Waals surface area (Å²) in [6.45, 7) is 3.29. The number of rotatable bonds is 9. The predicted octanol–water partition coefficient (Wildman–Crippen LogP) is 2.56. The van der Waals surface area contributed by atoms with Crippen LogP contribution in [0.15, 0.2) is 12.1 Å². The Hall–Kier alpha value is -0.980. The molecule has 0 aliphatic heterocycles. The van der Waals surface area contributed by atoms with Gasteiger partial charge in [-0.15, -0.1) is 0 Å². The summed E-state index contributed by atoms with van der Waals surface area (Å²) in [7, 11) is 0. The normalized spacial score (nSPS) is 14.9. The molecule has 1 heterocycles. The fourth-order valence-electron chi connectivity index (χ4n) is 1.61. The molecular formula is C12H18N2O3S. The van der Waals surface area contributed by atoms with Crippen LogP contribution in [0.5, 0.6) is 0 Å². The third-order valence-corrected chi connectivity index (χ3v) is 3.86. The summed E-state index contributed by atoms with van der Waals surface area (Å²) in [4.78, 5) is 11.2. The van der Waals surface area contributed by atoms with Crippen molar-refractivity contribution in [2.45, 2.75) is 25.8 Å². The number of hydrogen-bond acceptors (Lipinski definition) is 5. The molecule has 1 fully saturated rings. The van der Waals surface area contributed by atoms with Gasteiger partial charge in [0.15, 0.2) is 0 Å². The molecule has 0 amide bonds. The number of thiophene rings is 1. The molecule has 1 aromatic rings. The van der Waals surface area contributed by atoms with Crippen LogP contribution in [0.2, 0.25) is 0 Å².